The molecule has 1 aliphatic heterocycles. The van der Waals surface area contributed by atoms with Crippen molar-refractivity contribution in [2.24, 2.45) is 0 Å². The predicted octanol–water partition coefficient (Wildman–Crippen LogP) is -0.830. The second-order valence-corrected chi connectivity index (χ2v) is 4.75. The highest BCUT2D eigenvalue weighted by molar-refractivity contribution is 5.87. The summed E-state index contributed by atoms with van der Waals surface area (Å²) in [6, 6.07) is 0.664. The van der Waals surface area contributed by atoms with Gasteiger partial charge in [-0.2, -0.15) is 0 Å². The molecule has 1 amide bonds. The van der Waals surface area contributed by atoms with E-state index < -0.39 is 0 Å². The number of amides is 1. The third kappa shape index (κ3) is 5.81. The highest BCUT2D eigenvalue weighted by Gasteiger charge is 2.20. The normalized spacial score (nSPS) is 25.4. The van der Waals surface area contributed by atoms with Crippen molar-refractivity contribution in [2.75, 3.05) is 40.8 Å². The molecule has 3 N–H and O–H groups in total. The van der Waals surface area contributed by atoms with Gasteiger partial charge in [-0.3, -0.25) is 4.79 Å². The van der Waals surface area contributed by atoms with Crippen LogP contribution >= 0.6 is 0 Å². The molecule has 0 spiro atoms. The van der Waals surface area contributed by atoms with E-state index in [9.17, 15) is 4.79 Å². The molecule has 1 aliphatic rings. The van der Waals surface area contributed by atoms with Gasteiger partial charge in [0, 0.05) is 37.8 Å². The van der Waals surface area contributed by atoms with Gasteiger partial charge in [0.2, 0.25) is 5.91 Å². The van der Waals surface area contributed by atoms with Gasteiger partial charge in [0.05, 0.1) is 0 Å². The van der Waals surface area contributed by atoms with Crippen LogP contribution in [0.15, 0.2) is 12.2 Å². The molecule has 5 heteroatoms. The van der Waals surface area contributed by atoms with E-state index in [1.54, 1.807) is 6.08 Å². The number of rotatable bonds is 5. The van der Waals surface area contributed by atoms with E-state index in [4.69, 9.17) is 0 Å². The number of carbonyl (C=O) groups is 1. The molecule has 2 atom stereocenters. The first kappa shape index (κ1) is 14.2. The van der Waals surface area contributed by atoms with Crippen LogP contribution in [0.25, 0.3) is 0 Å². The highest BCUT2D eigenvalue weighted by Crippen LogP contribution is 2.02. The molecule has 0 aromatic rings. The SMILES string of the molecule is CN[C@H]1CNC[C@@H](NC(=O)/C=C/CN(C)C)C1. The van der Waals surface area contributed by atoms with Gasteiger partial charge in [0.15, 0.2) is 0 Å². The van der Waals surface area contributed by atoms with E-state index in [0.29, 0.717) is 6.04 Å². The van der Waals surface area contributed by atoms with Crippen LogP contribution in [-0.4, -0.2) is 63.7 Å². The summed E-state index contributed by atoms with van der Waals surface area (Å²) in [6.07, 6.45) is 4.47. The minimum absolute atomic E-state index is 0.00426. The number of hydrogen-bond acceptors (Lipinski definition) is 4. The molecule has 0 bridgehead atoms. The van der Waals surface area contributed by atoms with Crippen LogP contribution in [0, 0.1) is 0 Å². The summed E-state index contributed by atoms with van der Waals surface area (Å²) >= 11 is 0. The van der Waals surface area contributed by atoms with Crippen molar-refractivity contribution in [2.45, 2.75) is 18.5 Å². The van der Waals surface area contributed by atoms with Crippen LogP contribution < -0.4 is 16.0 Å². The zero-order valence-electron chi connectivity index (χ0n) is 11.0. The maximum atomic E-state index is 11.6. The average Bonchev–Trinajstić information content (AvgIpc) is 2.28. The molecule has 0 aliphatic carbocycles. The second-order valence-electron chi connectivity index (χ2n) is 4.75. The lowest BCUT2D eigenvalue weighted by atomic mass is 10.0. The fourth-order valence-electron chi connectivity index (χ4n) is 1.89. The van der Waals surface area contributed by atoms with Crippen LogP contribution in [0.5, 0.6) is 0 Å². The number of piperidine rings is 1. The fourth-order valence-corrected chi connectivity index (χ4v) is 1.89. The summed E-state index contributed by atoms with van der Waals surface area (Å²) in [5.41, 5.74) is 0. The molecule has 5 nitrogen and oxygen atoms in total. The van der Waals surface area contributed by atoms with E-state index in [2.05, 4.69) is 16.0 Å². The molecule has 98 valence electrons. The fraction of sp³-hybridized carbons (Fsp3) is 0.750. The van der Waals surface area contributed by atoms with Crippen LogP contribution in [-0.2, 0) is 4.79 Å². The summed E-state index contributed by atoms with van der Waals surface area (Å²) in [5, 5.41) is 9.54. The first-order valence-electron chi connectivity index (χ1n) is 6.11. The Labute approximate surface area is 104 Å². The Hall–Kier alpha value is -0.910. The van der Waals surface area contributed by atoms with Crippen molar-refractivity contribution in [1.82, 2.24) is 20.9 Å². The number of nitrogens with zero attached hydrogens (tertiary/aromatic N) is 1. The molecule has 0 unspecified atom stereocenters. The number of nitrogens with one attached hydrogen (secondary N) is 3. The minimum Gasteiger partial charge on any atom is -0.348 e. The Kier molecular flexibility index (Phi) is 6.18. The third-order valence-corrected chi connectivity index (χ3v) is 2.84. The molecule has 1 rings (SSSR count). The van der Waals surface area contributed by atoms with E-state index in [-0.39, 0.29) is 11.9 Å². The predicted molar refractivity (Wildman–Crippen MR) is 70.0 cm³/mol. The summed E-state index contributed by atoms with van der Waals surface area (Å²) < 4.78 is 0. The maximum absolute atomic E-state index is 11.6. The molecule has 1 heterocycles. The summed E-state index contributed by atoms with van der Waals surface area (Å²) in [6.45, 7) is 2.61. The van der Waals surface area contributed by atoms with Crippen LogP contribution in [0.1, 0.15) is 6.42 Å². The minimum atomic E-state index is -0.00426. The highest BCUT2D eigenvalue weighted by atomic mass is 16.1. The number of carbonyl (C=O) groups excluding carboxylic acids is 1. The van der Waals surface area contributed by atoms with Crippen molar-refractivity contribution in [3.8, 4) is 0 Å². The Bertz CT molecular complexity index is 265. The zero-order valence-corrected chi connectivity index (χ0v) is 11.0. The first-order chi connectivity index (χ1) is 8.11. The maximum Gasteiger partial charge on any atom is 0.243 e. The summed E-state index contributed by atoms with van der Waals surface area (Å²) in [4.78, 5) is 13.6. The quantitative estimate of drug-likeness (QED) is 0.549. The lowest BCUT2D eigenvalue weighted by Gasteiger charge is -2.30. The Morgan fingerprint density at radius 1 is 1.41 bits per heavy atom. The average molecular weight is 240 g/mol. The van der Waals surface area contributed by atoms with E-state index in [1.165, 1.54) is 0 Å². The van der Waals surface area contributed by atoms with Gasteiger partial charge in [-0.05, 0) is 27.6 Å². The molecular weight excluding hydrogens is 216 g/mol. The summed E-state index contributed by atoms with van der Waals surface area (Å²) in [5.74, 6) is -0.00426. The molecule has 0 aromatic heterocycles. The van der Waals surface area contributed by atoms with Crippen molar-refractivity contribution in [3.05, 3.63) is 12.2 Å². The van der Waals surface area contributed by atoms with Crippen molar-refractivity contribution in [1.29, 1.82) is 0 Å². The van der Waals surface area contributed by atoms with E-state index >= 15 is 0 Å². The standard InChI is InChI=1S/C12H24N4O/c1-13-10-7-11(9-14-8-10)15-12(17)5-4-6-16(2)3/h4-5,10-11,13-14H,6-9H2,1-3H3,(H,15,17)/b5-4+/t10-,11+/m1/s1. The molecule has 1 saturated heterocycles. The topological polar surface area (TPSA) is 56.4 Å². The molecule has 17 heavy (non-hydrogen) atoms. The smallest absolute Gasteiger partial charge is 0.243 e. The van der Waals surface area contributed by atoms with Gasteiger partial charge in [0.25, 0.3) is 0 Å². The lowest BCUT2D eigenvalue weighted by Crippen LogP contribution is -2.53. The third-order valence-electron chi connectivity index (χ3n) is 2.84. The molecule has 0 radical (unpaired) electrons. The molecule has 0 aromatic carbocycles. The largest absolute Gasteiger partial charge is 0.348 e. The van der Waals surface area contributed by atoms with Gasteiger partial charge in [-0.15, -0.1) is 0 Å². The lowest BCUT2D eigenvalue weighted by molar-refractivity contribution is -0.117. The summed E-state index contributed by atoms with van der Waals surface area (Å²) in [7, 11) is 5.91. The van der Waals surface area contributed by atoms with Gasteiger partial charge >= 0.3 is 0 Å². The molecule has 0 saturated carbocycles. The first-order valence-corrected chi connectivity index (χ1v) is 6.11. The van der Waals surface area contributed by atoms with E-state index in [1.807, 2.05) is 32.1 Å². The zero-order chi connectivity index (χ0) is 12.7. The Morgan fingerprint density at radius 3 is 2.76 bits per heavy atom. The van der Waals surface area contributed by atoms with Crippen LogP contribution in [0.3, 0.4) is 0 Å². The van der Waals surface area contributed by atoms with Gasteiger partial charge in [-0.1, -0.05) is 6.08 Å². The van der Waals surface area contributed by atoms with E-state index in [0.717, 1.165) is 26.1 Å². The monoisotopic (exact) mass is 240 g/mol. The Morgan fingerprint density at radius 2 is 2.12 bits per heavy atom. The van der Waals surface area contributed by atoms with Gasteiger partial charge in [-0.25, -0.2) is 0 Å². The van der Waals surface area contributed by atoms with Crippen molar-refractivity contribution >= 4 is 5.91 Å². The van der Waals surface area contributed by atoms with Crippen molar-refractivity contribution in [3.63, 3.8) is 0 Å². The van der Waals surface area contributed by atoms with Crippen molar-refractivity contribution < 1.29 is 4.79 Å². The second kappa shape index (κ2) is 7.42. The molecule has 1 fully saturated rings. The van der Waals surface area contributed by atoms with Crippen LogP contribution in [0.4, 0.5) is 0 Å². The number of likely N-dealkylation sites (N-methyl/N-ethyl adjacent to an activating group) is 2. The van der Waals surface area contributed by atoms with Crippen LogP contribution in [0.2, 0.25) is 0 Å². The Balaban J connectivity index is 2.28. The molecular formula is C12H24N4O. The van der Waals surface area contributed by atoms with Gasteiger partial charge in [0.1, 0.15) is 0 Å². The number of hydrogen-bond donors (Lipinski definition) is 3. The van der Waals surface area contributed by atoms with Gasteiger partial charge < -0.3 is 20.9 Å².